The summed E-state index contributed by atoms with van der Waals surface area (Å²) in [5.41, 5.74) is 2.37. The van der Waals surface area contributed by atoms with Gasteiger partial charge >= 0.3 is 0 Å². The first kappa shape index (κ1) is 19.2. The van der Waals surface area contributed by atoms with Crippen molar-refractivity contribution in [1.82, 2.24) is 5.01 Å². The average molecular weight is 350 g/mol. The highest BCUT2D eigenvalue weighted by Gasteiger charge is 2.06. The highest BCUT2D eigenvalue weighted by Crippen LogP contribution is 2.17. The lowest BCUT2D eigenvalue weighted by atomic mass is 10.0. The topological polar surface area (TPSA) is 28.0 Å². The number of alkyl halides is 1. The highest BCUT2D eigenvalue weighted by molar-refractivity contribution is 6.17. The summed E-state index contributed by atoms with van der Waals surface area (Å²) < 4.78 is 0. The maximum absolute atomic E-state index is 5.69. The predicted octanol–water partition coefficient (Wildman–Crippen LogP) is 6.68. The van der Waals surface area contributed by atoms with Crippen LogP contribution in [0.15, 0.2) is 34.6 Å². The van der Waals surface area contributed by atoms with E-state index in [1.807, 2.05) is 0 Å². The van der Waals surface area contributed by atoms with Crippen molar-refractivity contribution in [2.45, 2.75) is 70.6 Å². The van der Waals surface area contributed by atoms with E-state index in [1.54, 1.807) is 0 Å². The molecule has 0 radical (unpaired) electrons. The SMILES string of the molecule is ClCCCCCCCCCc1ccc(N=NN2CCCCC2)cc1. The third kappa shape index (κ3) is 8.14. The fourth-order valence-electron chi connectivity index (χ4n) is 3.12. The summed E-state index contributed by atoms with van der Waals surface area (Å²) in [6.07, 6.45) is 14.1. The van der Waals surface area contributed by atoms with Crippen LogP contribution in [0.3, 0.4) is 0 Å². The maximum atomic E-state index is 5.69. The molecule has 24 heavy (non-hydrogen) atoms. The van der Waals surface area contributed by atoms with Gasteiger partial charge in [-0.2, -0.15) is 0 Å². The van der Waals surface area contributed by atoms with Crippen LogP contribution in [0.4, 0.5) is 5.69 Å². The molecule has 3 nitrogen and oxygen atoms in total. The predicted molar refractivity (Wildman–Crippen MR) is 103 cm³/mol. The molecule has 4 heteroatoms. The largest absolute Gasteiger partial charge is 0.278 e. The smallest absolute Gasteiger partial charge is 0.0874 e. The molecule has 0 unspecified atom stereocenters. The molecule has 0 amide bonds. The molecule has 0 N–H and O–H groups in total. The van der Waals surface area contributed by atoms with Crippen LogP contribution in [-0.2, 0) is 6.42 Å². The van der Waals surface area contributed by atoms with E-state index in [1.165, 1.54) is 76.2 Å². The second-order valence-corrected chi connectivity index (χ2v) is 7.16. The van der Waals surface area contributed by atoms with Crippen LogP contribution < -0.4 is 0 Å². The zero-order valence-corrected chi connectivity index (χ0v) is 15.7. The maximum Gasteiger partial charge on any atom is 0.0874 e. The lowest BCUT2D eigenvalue weighted by molar-refractivity contribution is 0.224. The minimum absolute atomic E-state index is 0.813. The van der Waals surface area contributed by atoms with E-state index in [0.29, 0.717) is 0 Å². The number of piperidine rings is 1. The Kier molecular flexibility index (Phi) is 9.86. The number of aryl methyl sites for hydroxylation is 1. The van der Waals surface area contributed by atoms with Gasteiger partial charge in [0.2, 0.25) is 0 Å². The van der Waals surface area contributed by atoms with Gasteiger partial charge in [-0.15, -0.1) is 16.7 Å². The molecule has 134 valence electrons. The van der Waals surface area contributed by atoms with Crippen molar-refractivity contribution in [3.05, 3.63) is 29.8 Å². The van der Waals surface area contributed by atoms with Crippen molar-refractivity contribution in [1.29, 1.82) is 0 Å². The Labute approximate surface area is 152 Å². The van der Waals surface area contributed by atoms with Crippen molar-refractivity contribution in [3.63, 3.8) is 0 Å². The summed E-state index contributed by atoms with van der Waals surface area (Å²) in [6, 6.07) is 8.58. The van der Waals surface area contributed by atoms with Gasteiger partial charge in [-0.3, -0.25) is 5.01 Å². The van der Waals surface area contributed by atoms with Crippen molar-refractivity contribution in [2.24, 2.45) is 10.3 Å². The van der Waals surface area contributed by atoms with E-state index < -0.39 is 0 Å². The fraction of sp³-hybridized carbons (Fsp3) is 0.700. The van der Waals surface area contributed by atoms with E-state index in [2.05, 4.69) is 39.6 Å². The first-order valence-corrected chi connectivity index (χ1v) is 10.2. The molecular weight excluding hydrogens is 318 g/mol. The molecule has 0 atom stereocenters. The van der Waals surface area contributed by atoms with E-state index >= 15 is 0 Å². The van der Waals surface area contributed by atoms with Crippen LogP contribution in [-0.4, -0.2) is 24.0 Å². The van der Waals surface area contributed by atoms with Crippen LogP contribution in [0.2, 0.25) is 0 Å². The molecule has 0 spiro atoms. The van der Waals surface area contributed by atoms with Crippen LogP contribution in [0.5, 0.6) is 0 Å². The summed E-state index contributed by atoms with van der Waals surface area (Å²) in [4.78, 5) is 0. The van der Waals surface area contributed by atoms with E-state index in [-0.39, 0.29) is 0 Å². The van der Waals surface area contributed by atoms with Crippen molar-refractivity contribution in [2.75, 3.05) is 19.0 Å². The summed E-state index contributed by atoms with van der Waals surface area (Å²) in [6.45, 7) is 2.10. The van der Waals surface area contributed by atoms with Gasteiger partial charge in [0.25, 0.3) is 0 Å². The van der Waals surface area contributed by atoms with Gasteiger partial charge in [0.15, 0.2) is 0 Å². The number of hydrogen-bond acceptors (Lipinski definition) is 2. The molecule has 0 aliphatic carbocycles. The molecule has 1 fully saturated rings. The second kappa shape index (κ2) is 12.3. The third-order valence-electron chi connectivity index (χ3n) is 4.65. The third-order valence-corrected chi connectivity index (χ3v) is 4.92. The zero-order valence-electron chi connectivity index (χ0n) is 14.9. The van der Waals surface area contributed by atoms with Crippen LogP contribution in [0.25, 0.3) is 0 Å². The molecular formula is C20H32ClN3. The van der Waals surface area contributed by atoms with Crippen molar-refractivity contribution in [3.8, 4) is 0 Å². The summed E-state index contributed by atoms with van der Waals surface area (Å²) >= 11 is 5.69. The number of nitrogens with zero attached hydrogens (tertiary/aromatic N) is 3. The zero-order chi connectivity index (χ0) is 16.9. The number of benzene rings is 1. The van der Waals surface area contributed by atoms with Crippen molar-refractivity contribution < 1.29 is 0 Å². The second-order valence-electron chi connectivity index (χ2n) is 6.78. The van der Waals surface area contributed by atoms with E-state index in [4.69, 9.17) is 11.6 Å². The Bertz CT molecular complexity index is 452. The summed E-state index contributed by atoms with van der Waals surface area (Å²) in [7, 11) is 0. The number of unbranched alkanes of at least 4 members (excludes halogenated alkanes) is 6. The fourth-order valence-corrected chi connectivity index (χ4v) is 3.31. The normalized spacial score (nSPS) is 15.3. The number of halogens is 1. The molecule has 1 aliphatic rings. The molecule has 2 rings (SSSR count). The monoisotopic (exact) mass is 349 g/mol. The van der Waals surface area contributed by atoms with Gasteiger partial charge in [0.05, 0.1) is 5.69 Å². The van der Waals surface area contributed by atoms with E-state index in [0.717, 1.165) is 24.7 Å². The minimum Gasteiger partial charge on any atom is -0.278 e. The van der Waals surface area contributed by atoms with Crippen LogP contribution in [0.1, 0.15) is 69.8 Å². The summed E-state index contributed by atoms with van der Waals surface area (Å²) in [5, 5.41) is 10.8. The van der Waals surface area contributed by atoms with E-state index in [9.17, 15) is 0 Å². The number of rotatable bonds is 11. The van der Waals surface area contributed by atoms with Gasteiger partial charge in [-0.25, -0.2) is 0 Å². The lowest BCUT2D eigenvalue weighted by Gasteiger charge is -2.21. The van der Waals surface area contributed by atoms with Gasteiger partial charge in [-0.05, 0) is 56.2 Å². The minimum atomic E-state index is 0.813. The Hall–Kier alpha value is -1.09. The first-order chi connectivity index (χ1) is 11.9. The molecule has 0 aromatic heterocycles. The van der Waals surface area contributed by atoms with Crippen molar-refractivity contribution >= 4 is 17.3 Å². The standard InChI is InChI=1S/C20H32ClN3/c21-16-8-5-3-1-2-4-7-11-19-12-14-20(15-13-19)22-23-24-17-9-6-10-18-24/h12-15H,1-11,16-18H2. The van der Waals surface area contributed by atoms with Gasteiger partial charge in [0.1, 0.15) is 0 Å². The molecule has 1 saturated heterocycles. The molecule has 0 bridgehead atoms. The molecule has 1 heterocycles. The molecule has 1 aromatic rings. The highest BCUT2D eigenvalue weighted by atomic mass is 35.5. The Morgan fingerprint density at radius 1 is 0.792 bits per heavy atom. The summed E-state index contributed by atoms with van der Waals surface area (Å²) in [5.74, 6) is 0.813. The van der Waals surface area contributed by atoms with Gasteiger partial charge in [0, 0.05) is 19.0 Å². The average Bonchev–Trinajstić information content (AvgIpc) is 2.64. The Balaban J connectivity index is 1.58. The Morgan fingerprint density at radius 3 is 2.08 bits per heavy atom. The quantitative estimate of drug-likeness (QED) is 0.248. The molecule has 0 saturated carbocycles. The van der Waals surface area contributed by atoms with Crippen LogP contribution >= 0.6 is 11.6 Å². The lowest BCUT2D eigenvalue weighted by Crippen LogP contribution is -2.23. The number of hydrogen-bond donors (Lipinski definition) is 0. The molecule has 1 aliphatic heterocycles. The first-order valence-electron chi connectivity index (χ1n) is 9.70. The molecule has 1 aromatic carbocycles. The van der Waals surface area contributed by atoms with Gasteiger partial charge in [-0.1, -0.05) is 49.5 Å². The van der Waals surface area contributed by atoms with Crippen LogP contribution in [0, 0.1) is 0 Å². The Morgan fingerprint density at radius 2 is 1.42 bits per heavy atom. The van der Waals surface area contributed by atoms with Gasteiger partial charge < -0.3 is 0 Å².